The number of halogens is 2. The number of aliphatic hydroxyl groups excluding tert-OH is 1. The molecule has 0 aliphatic carbocycles. The standard InChI is InChI=1S/C14H15Cl2N3O2/c1-8(10-6-17-19(2)7-10)18-14(21)13(20)9-3-11(15)5-12(16)4-9/h3-8,13,20H,1-2H3,(H,18,21). The Morgan fingerprint density at radius 3 is 2.43 bits per heavy atom. The SMILES string of the molecule is CC(NC(=O)C(O)c1cc(Cl)cc(Cl)c1)c1cnn(C)c1. The Morgan fingerprint density at radius 1 is 1.29 bits per heavy atom. The summed E-state index contributed by atoms with van der Waals surface area (Å²) >= 11 is 11.7. The maximum Gasteiger partial charge on any atom is 0.253 e. The van der Waals surface area contributed by atoms with Crippen molar-refractivity contribution in [1.29, 1.82) is 0 Å². The van der Waals surface area contributed by atoms with Crippen molar-refractivity contribution in [2.75, 3.05) is 0 Å². The van der Waals surface area contributed by atoms with Crippen LogP contribution in [-0.4, -0.2) is 20.8 Å². The second kappa shape index (κ2) is 6.47. The van der Waals surface area contributed by atoms with Crippen molar-refractivity contribution >= 4 is 29.1 Å². The van der Waals surface area contributed by atoms with E-state index in [0.29, 0.717) is 15.6 Å². The van der Waals surface area contributed by atoms with Gasteiger partial charge in [-0.25, -0.2) is 0 Å². The molecule has 0 fully saturated rings. The van der Waals surface area contributed by atoms with Crippen molar-refractivity contribution in [3.05, 3.63) is 51.8 Å². The average molecular weight is 328 g/mol. The minimum absolute atomic E-state index is 0.268. The highest BCUT2D eigenvalue weighted by molar-refractivity contribution is 6.34. The van der Waals surface area contributed by atoms with E-state index in [1.807, 2.05) is 6.92 Å². The molecule has 0 spiro atoms. The number of carbonyl (C=O) groups excluding carboxylic acids is 1. The maximum atomic E-state index is 12.1. The van der Waals surface area contributed by atoms with E-state index < -0.39 is 12.0 Å². The molecule has 0 aliphatic heterocycles. The molecule has 5 nitrogen and oxygen atoms in total. The number of hydrogen-bond acceptors (Lipinski definition) is 3. The van der Waals surface area contributed by atoms with Crippen molar-refractivity contribution in [2.45, 2.75) is 19.1 Å². The third-order valence-electron chi connectivity index (χ3n) is 3.03. The van der Waals surface area contributed by atoms with Crippen molar-refractivity contribution in [3.63, 3.8) is 0 Å². The van der Waals surface area contributed by atoms with Crippen molar-refractivity contribution in [3.8, 4) is 0 Å². The minimum atomic E-state index is -1.33. The van der Waals surface area contributed by atoms with E-state index >= 15 is 0 Å². The van der Waals surface area contributed by atoms with Gasteiger partial charge < -0.3 is 10.4 Å². The maximum absolute atomic E-state index is 12.1. The molecular weight excluding hydrogens is 313 g/mol. The molecule has 2 atom stereocenters. The molecule has 2 rings (SSSR count). The molecule has 1 aromatic heterocycles. The van der Waals surface area contributed by atoms with Gasteiger partial charge >= 0.3 is 0 Å². The van der Waals surface area contributed by atoms with E-state index in [2.05, 4.69) is 10.4 Å². The molecule has 2 N–H and O–H groups in total. The molecule has 7 heteroatoms. The summed E-state index contributed by atoms with van der Waals surface area (Å²) in [6, 6.07) is 4.28. The summed E-state index contributed by atoms with van der Waals surface area (Å²) in [6.07, 6.45) is 2.13. The summed E-state index contributed by atoms with van der Waals surface area (Å²) in [5.41, 5.74) is 1.20. The molecule has 0 aliphatic rings. The monoisotopic (exact) mass is 327 g/mol. The quantitative estimate of drug-likeness (QED) is 0.907. The van der Waals surface area contributed by atoms with Crippen LogP contribution in [0.5, 0.6) is 0 Å². The van der Waals surface area contributed by atoms with Gasteiger partial charge in [0, 0.05) is 28.9 Å². The number of amides is 1. The average Bonchev–Trinajstić information content (AvgIpc) is 2.83. The van der Waals surface area contributed by atoms with Crippen LogP contribution in [0.3, 0.4) is 0 Å². The van der Waals surface area contributed by atoms with Gasteiger partial charge in [0.1, 0.15) is 0 Å². The topological polar surface area (TPSA) is 67.2 Å². The van der Waals surface area contributed by atoms with E-state index in [1.54, 1.807) is 24.1 Å². The number of nitrogens with zero attached hydrogens (tertiary/aromatic N) is 2. The molecule has 0 saturated carbocycles. The van der Waals surface area contributed by atoms with Crippen LogP contribution < -0.4 is 5.32 Å². The van der Waals surface area contributed by atoms with Gasteiger partial charge in [-0.1, -0.05) is 23.2 Å². The van der Waals surface area contributed by atoms with Gasteiger partial charge in [-0.15, -0.1) is 0 Å². The van der Waals surface area contributed by atoms with E-state index in [9.17, 15) is 9.90 Å². The number of aliphatic hydroxyl groups is 1. The fourth-order valence-electron chi connectivity index (χ4n) is 1.92. The summed E-state index contributed by atoms with van der Waals surface area (Å²) in [6.45, 7) is 1.81. The van der Waals surface area contributed by atoms with Crippen LogP contribution in [0.1, 0.15) is 30.2 Å². The molecule has 1 aromatic carbocycles. The Kier molecular flexibility index (Phi) is 4.88. The number of aromatic nitrogens is 2. The van der Waals surface area contributed by atoms with E-state index in [0.717, 1.165) is 5.56 Å². The molecule has 21 heavy (non-hydrogen) atoms. The molecule has 0 bridgehead atoms. The Balaban J connectivity index is 2.08. The number of benzene rings is 1. The predicted molar refractivity (Wildman–Crippen MR) is 81.2 cm³/mol. The molecule has 112 valence electrons. The van der Waals surface area contributed by atoms with Gasteiger partial charge in [-0.3, -0.25) is 9.48 Å². The van der Waals surface area contributed by atoms with E-state index in [4.69, 9.17) is 23.2 Å². The fourth-order valence-corrected chi connectivity index (χ4v) is 2.47. The predicted octanol–water partition coefficient (Wildman–Crippen LogP) is 2.64. The number of nitrogens with one attached hydrogen (secondary N) is 1. The lowest BCUT2D eigenvalue weighted by molar-refractivity contribution is -0.130. The zero-order valence-corrected chi connectivity index (χ0v) is 13.1. The van der Waals surface area contributed by atoms with Crippen LogP contribution in [-0.2, 0) is 11.8 Å². The van der Waals surface area contributed by atoms with Crippen LogP contribution in [0.15, 0.2) is 30.6 Å². The van der Waals surface area contributed by atoms with Crippen molar-refractivity contribution < 1.29 is 9.90 Å². The Hall–Kier alpha value is -1.56. The van der Waals surface area contributed by atoms with Crippen LogP contribution in [0.25, 0.3) is 0 Å². The number of aryl methyl sites for hydroxylation is 1. The summed E-state index contributed by atoms with van der Waals surface area (Å²) in [5.74, 6) is -0.523. The van der Waals surface area contributed by atoms with Gasteiger partial charge in [0.05, 0.1) is 12.2 Å². The molecule has 1 amide bonds. The second-order valence-electron chi connectivity index (χ2n) is 4.78. The molecule has 0 saturated heterocycles. The summed E-state index contributed by atoms with van der Waals surface area (Å²) in [5, 5.41) is 17.6. The highest BCUT2D eigenvalue weighted by Crippen LogP contribution is 2.24. The zero-order valence-electron chi connectivity index (χ0n) is 11.5. The lowest BCUT2D eigenvalue weighted by Gasteiger charge is -2.16. The largest absolute Gasteiger partial charge is 0.378 e. The Morgan fingerprint density at radius 2 is 1.90 bits per heavy atom. The lowest BCUT2D eigenvalue weighted by Crippen LogP contribution is -2.31. The first-order valence-electron chi connectivity index (χ1n) is 6.30. The van der Waals surface area contributed by atoms with Crippen LogP contribution in [0.2, 0.25) is 10.0 Å². The molecule has 2 aromatic rings. The zero-order chi connectivity index (χ0) is 15.6. The normalized spacial score (nSPS) is 13.8. The lowest BCUT2D eigenvalue weighted by atomic mass is 10.1. The molecule has 0 radical (unpaired) electrons. The highest BCUT2D eigenvalue weighted by atomic mass is 35.5. The van der Waals surface area contributed by atoms with Gasteiger partial charge in [0.2, 0.25) is 0 Å². The molecular formula is C14H15Cl2N3O2. The first kappa shape index (κ1) is 15.8. The Labute approximate surface area is 132 Å². The third-order valence-corrected chi connectivity index (χ3v) is 3.47. The second-order valence-corrected chi connectivity index (χ2v) is 5.66. The van der Waals surface area contributed by atoms with Gasteiger partial charge in [-0.2, -0.15) is 5.10 Å². The summed E-state index contributed by atoms with van der Waals surface area (Å²) < 4.78 is 1.64. The van der Waals surface area contributed by atoms with Crippen LogP contribution >= 0.6 is 23.2 Å². The molecule has 2 unspecified atom stereocenters. The van der Waals surface area contributed by atoms with Crippen LogP contribution in [0.4, 0.5) is 0 Å². The first-order valence-corrected chi connectivity index (χ1v) is 7.05. The Bertz CT molecular complexity index is 637. The first-order chi connectivity index (χ1) is 9.86. The van der Waals surface area contributed by atoms with E-state index in [1.165, 1.54) is 18.2 Å². The molecule has 1 heterocycles. The minimum Gasteiger partial charge on any atom is -0.378 e. The van der Waals surface area contributed by atoms with Gasteiger partial charge in [0.25, 0.3) is 5.91 Å². The summed E-state index contributed by atoms with van der Waals surface area (Å²) in [7, 11) is 1.79. The number of rotatable bonds is 4. The fraction of sp³-hybridized carbons (Fsp3) is 0.286. The third kappa shape index (κ3) is 3.97. The van der Waals surface area contributed by atoms with Gasteiger partial charge in [-0.05, 0) is 30.7 Å². The van der Waals surface area contributed by atoms with Crippen LogP contribution in [0, 0.1) is 0 Å². The van der Waals surface area contributed by atoms with Gasteiger partial charge in [0.15, 0.2) is 6.10 Å². The smallest absolute Gasteiger partial charge is 0.253 e. The van der Waals surface area contributed by atoms with Crippen molar-refractivity contribution in [1.82, 2.24) is 15.1 Å². The highest BCUT2D eigenvalue weighted by Gasteiger charge is 2.21. The number of carbonyl (C=O) groups is 1. The summed E-state index contributed by atoms with van der Waals surface area (Å²) in [4.78, 5) is 12.1. The van der Waals surface area contributed by atoms with E-state index in [-0.39, 0.29) is 6.04 Å². The number of hydrogen-bond donors (Lipinski definition) is 2. The van der Waals surface area contributed by atoms with Crippen molar-refractivity contribution in [2.24, 2.45) is 7.05 Å².